The van der Waals surface area contributed by atoms with Gasteiger partial charge in [0.25, 0.3) is 0 Å². The van der Waals surface area contributed by atoms with Crippen molar-refractivity contribution in [3.63, 3.8) is 0 Å². The molecule has 0 heterocycles. The number of rotatable bonds is 7. The molecule has 0 aliphatic rings. The van der Waals surface area contributed by atoms with Crippen LogP contribution in [-0.2, 0) is 10.0 Å². The maximum atomic E-state index is 11.8. The summed E-state index contributed by atoms with van der Waals surface area (Å²) in [5.74, 6) is 0.0874. The van der Waals surface area contributed by atoms with E-state index < -0.39 is 15.6 Å². The quantitative estimate of drug-likeness (QED) is 0.599. The van der Waals surface area contributed by atoms with E-state index in [2.05, 4.69) is 0 Å². The molecule has 0 radical (unpaired) electrons. The van der Waals surface area contributed by atoms with E-state index in [-0.39, 0.29) is 12.4 Å². The Hall–Kier alpha value is -0.170. The highest BCUT2D eigenvalue weighted by atomic mass is 32.2. The van der Waals surface area contributed by atoms with Gasteiger partial charge in [-0.05, 0) is 33.2 Å². The van der Waals surface area contributed by atoms with Crippen LogP contribution in [0.4, 0.5) is 0 Å². The Balaban J connectivity index is 4.46. The van der Waals surface area contributed by atoms with Gasteiger partial charge < -0.3 is 10.8 Å². The minimum atomic E-state index is -3.28. The molecule has 0 atom stereocenters. The first-order valence-corrected chi connectivity index (χ1v) is 6.66. The molecule has 0 fully saturated rings. The summed E-state index contributed by atoms with van der Waals surface area (Å²) in [6.45, 7) is 3.68. The van der Waals surface area contributed by atoms with Crippen LogP contribution in [0.5, 0.6) is 0 Å². The van der Waals surface area contributed by atoms with E-state index in [1.54, 1.807) is 13.8 Å². The topological polar surface area (TPSA) is 83.6 Å². The van der Waals surface area contributed by atoms with Crippen LogP contribution in [0.25, 0.3) is 0 Å². The summed E-state index contributed by atoms with van der Waals surface area (Å²) in [6, 6.07) is 0. The molecule has 6 heteroatoms. The number of aliphatic hydroxyl groups is 1. The number of hydrogen-bond acceptors (Lipinski definition) is 4. The molecule has 0 aromatic heterocycles. The molecule has 3 N–H and O–H groups in total. The maximum Gasteiger partial charge on any atom is 0.214 e. The van der Waals surface area contributed by atoms with Crippen LogP contribution < -0.4 is 5.73 Å². The third kappa shape index (κ3) is 4.46. The van der Waals surface area contributed by atoms with Gasteiger partial charge in [0.05, 0.1) is 17.9 Å². The zero-order chi connectivity index (χ0) is 12.1. The fraction of sp³-hybridized carbons (Fsp3) is 1.00. The van der Waals surface area contributed by atoms with Crippen LogP contribution in [0.3, 0.4) is 0 Å². The number of nitrogens with zero attached hydrogens (tertiary/aromatic N) is 1. The summed E-state index contributed by atoms with van der Waals surface area (Å²) in [6.07, 6.45) is 1.26. The Kier molecular flexibility index (Phi) is 5.72. The van der Waals surface area contributed by atoms with Crippen LogP contribution in [0.1, 0.15) is 26.7 Å². The van der Waals surface area contributed by atoms with E-state index in [9.17, 15) is 8.42 Å². The lowest BCUT2D eigenvalue weighted by molar-refractivity contribution is 0.138. The first-order valence-electron chi connectivity index (χ1n) is 5.05. The molecule has 0 saturated carbocycles. The highest BCUT2D eigenvalue weighted by Crippen LogP contribution is 2.16. The number of unbranched alkanes of at least 4 members (excludes halogenated alkanes) is 1. The van der Waals surface area contributed by atoms with Gasteiger partial charge in [0.2, 0.25) is 10.0 Å². The van der Waals surface area contributed by atoms with Crippen molar-refractivity contribution in [2.75, 3.05) is 26.0 Å². The van der Waals surface area contributed by atoms with Crippen molar-refractivity contribution < 1.29 is 13.5 Å². The van der Waals surface area contributed by atoms with E-state index in [1.807, 2.05) is 0 Å². The van der Waals surface area contributed by atoms with Gasteiger partial charge in [-0.15, -0.1) is 0 Å². The van der Waals surface area contributed by atoms with Crippen molar-refractivity contribution in [1.29, 1.82) is 0 Å². The van der Waals surface area contributed by atoms with Gasteiger partial charge in [-0.25, -0.2) is 8.42 Å². The first-order chi connectivity index (χ1) is 6.78. The zero-order valence-corrected chi connectivity index (χ0v) is 10.5. The molecule has 0 amide bonds. The van der Waals surface area contributed by atoms with Gasteiger partial charge >= 0.3 is 0 Å². The summed E-state index contributed by atoms with van der Waals surface area (Å²) < 4.78 is 24.8. The van der Waals surface area contributed by atoms with Crippen LogP contribution in [0, 0.1) is 0 Å². The molecule has 5 nitrogen and oxygen atoms in total. The molecule has 0 rings (SSSR count). The summed E-state index contributed by atoms with van der Waals surface area (Å²) in [4.78, 5) is 0. The molecule has 0 saturated heterocycles. The van der Waals surface area contributed by atoms with Gasteiger partial charge in [-0.2, -0.15) is 4.31 Å². The molecular weight excluding hydrogens is 216 g/mol. The molecule has 15 heavy (non-hydrogen) atoms. The minimum absolute atomic E-state index is 0.0874. The summed E-state index contributed by atoms with van der Waals surface area (Å²) in [5, 5.41) is 9.07. The Morgan fingerprint density at radius 2 is 1.87 bits per heavy atom. The molecule has 0 aromatic carbocycles. The largest absolute Gasteiger partial charge is 0.394 e. The average molecular weight is 238 g/mol. The van der Waals surface area contributed by atoms with Crippen LogP contribution in [0.15, 0.2) is 0 Å². The summed E-state index contributed by atoms with van der Waals surface area (Å²) in [5.41, 5.74) is 4.55. The minimum Gasteiger partial charge on any atom is -0.394 e. The molecule has 92 valence electrons. The van der Waals surface area contributed by atoms with Crippen LogP contribution in [0.2, 0.25) is 0 Å². The van der Waals surface area contributed by atoms with Crippen molar-refractivity contribution in [3.05, 3.63) is 0 Å². The fourth-order valence-electron chi connectivity index (χ4n) is 1.04. The Labute approximate surface area is 92.3 Å². The SMILES string of the molecule is CN(C(C)(C)CO)S(=O)(=O)CCCCN. The van der Waals surface area contributed by atoms with Crippen molar-refractivity contribution in [2.45, 2.75) is 32.2 Å². The third-order valence-electron chi connectivity index (χ3n) is 2.51. The van der Waals surface area contributed by atoms with E-state index in [4.69, 9.17) is 10.8 Å². The zero-order valence-electron chi connectivity index (χ0n) is 9.73. The van der Waals surface area contributed by atoms with Crippen LogP contribution >= 0.6 is 0 Å². The monoisotopic (exact) mass is 238 g/mol. The lowest BCUT2D eigenvalue weighted by Crippen LogP contribution is -2.48. The molecule has 0 aromatic rings. The molecule has 0 bridgehead atoms. The average Bonchev–Trinajstić information content (AvgIpc) is 2.17. The Morgan fingerprint density at radius 1 is 1.33 bits per heavy atom. The molecule has 0 aliphatic carbocycles. The van der Waals surface area contributed by atoms with E-state index in [1.165, 1.54) is 11.4 Å². The fourth-order valence-corrected chi connectivity index (χ4v) is 2.70. The van der Waals surface area contributed by atoms with Crippen molar-refractivity contribution in [2.24, 2.45) is 5.73 Å². The highest BCUT2D eigenvalue weighted by Gasteiger charge is 2.31. The molecule has 0 unspecified atom stereocenters. The van der Waals surface area contributed by atoms with E-state index in [0.717, 1.165) is 0 Å². The number of nitrogens with two attached hydrogens (primary N) is 1. The van der Waals surface area contributed by atoms with Gasteiger partial charge in [0.1, 0.15) is 0 Å². The van der Waals surface area contributed by atoms with Crippen molar-refractivity contribution >= 4 is 10.0 Å². The lowest BCUT2D eigenvalue weighted by Gasteiger charge is -2.32. The Bertz CT molecular complexity index is 275. The van der Waals surface area contributed by atoms with Gasteiger partial charge in [-0.1, -0.05) is 0 Å². The van der Waals surface area contributed by atoms with E-state index in [0.29, 0.717) is 19.4 Å². The van der Waals surface area contributed by atoms with Crippen LogP contribution in [-0.4, -0.2) is 49.3 Å². The maximum absolute atomic E-state index is 11.8. The number of aliphatic hydroxyl groups excluding tert-OH is 1. The standard InChI is InChI=1S/C9H22N2O3S/c1-9(2,8-12)11(3)15(13,14)7-5-4-6-10/h12H,4-8,10H2,1-3H3. The smallest absolute Gasteiger partial charge is 0.214 e. The predicted octanol–water partition coefficient (Wildman–Crippen LogP) is -0.242. The second kappa shape index (κ2) is 5.79. The molecular formula is C9H22N2O3S. The second-order valence-corrected chi connectivity index (χ2v) is 6.37. The van der Waals surface area contributed by atoms with Gasteiger partial charge in [0, 0.05) is 7.05 Å². The van der Waals surface area contributed by atoms with Crippen molar-refractivity contribution in [1.82, 2.24) is 4.31 Å². The van der Waals surface area contributed by atoms with E-state index >= 15 is 0 Å². The number of hydrogen-bond donors (Lipinski definition) is 2. The summed E-state index contributed by atoms with van der Waals surface area (Å²) in [7, 11) is -1.79. The Morgan fingerprint density at radius 3 is 2.27 bits per heavy atom. The number of likely N-dealkylation sites (N-methyl/N-ethyl adjacent to an activating group) is 1. The first kappa shape index (κ1) is 14.8. The molecule has 0 spiro atoms. The van der Waals surface area contributed by atoms with Gasteiger partial charge in [0.15, 0.2) is 0 Å². The molecule has 0 aliphatic heterocycles. The third-order valence-corrected chi connectivity index (χ3v) is 4.65. The normalized spacial score (nSPS) is 13.5. The lowest BCUT2D eigenvalue weighted by atomic mass is 10.1. The van der Waals surface area contributed by atoms with Gasteiger partial charge in [-0.3, -0.25) is 0 Å². The summed E-state index contributed by atoms with van der Waals surface area (Å²) >= 11 is 0. The second-order valence-electron chi connectivity index (χ2n) is 4.25. The number of sulfonamides is 1. The van der Waals surface area contributed by atoms with Crippen molar-refractivity contribution in [3.8, 4) is 0 Å². The predicted molar refractivity (Wildman–Crippen MR) is 61.0 cm³/mol. The highest BCUT2D eigenvalue weighted by molar-refractivity contribution is 7.89.